The van der Waals surface area contributed by atoms with E-state index in [1.54, 1.807) is 4.90 Å². The molecule has 2 heterocycles. The summed E-state index contributed by atoms with van der Waals surface area (Å²) in [5, 5.41) is 0. The molecule has 4 aromatic carbocycles. The van der Waals surface area contributed by atoms with Crippen molar-refractivity contribution < 1.29 is 16.2 Å². The van der Waals surface area contributed by atoms with Crippen molar-refractivity contribution in [2.24, 2.45) is 0 Å². The molecule has 1 fully saturated rings. The van der Waals surface area contributed by atoms with Crippen LogP contribution >= 0.6 is 0 Å². The molecule has 0 amide bonds. The van der Waals surface area contributed by atoms with E-state index < -0.39 is 24.4 Å². The quantitative estimate of drug-likeness (QED) is 0.268. The second-order valence-corrected chi connectivity index (χ2v) is 9.74. The van der Waals surface area contributed by atoms with Crippen molar-refractivity contribution in [2.45, 2.75) is 38.9 Å². The van der Waals surface area contributed by atoms with E-state index in [1.807, 2.05) is 94.4 Å². The normalized spacial score (nSPS) is 19.6. The summed E-state index contributed by atoms with van der Waals surface area (Å²) in [5.74, 6) is 0. The molecule has 4 heteroatoms. The Hall–Kier alpha value is -3.34. The van der Waals surface area contributed by atoms with Crippen molar-refractivity contribution in [3.8, 4) is 22.3 Å². The van der Waals surface area contributed by atoms with Crippen LogP contribution in [0.2, 0.25) is 0 Å². The molecule has 3 nitrogen and oxygen atoms in total. The number of para-hydroxylation sites is 2. The number of hydrogen-bond donors (Lipinski definition) is 0. The first-order valence-electron chi connectivity index (χ1n) is 14.0. The minimum atomic E-state index is -0.577. The Kier molecular flexibility index (Phi) is 3.64. The van der Waals surface area contributed by atoms with Crippen LogP contribution < -0.4 is 10.4 Å². The summed E-state index contributed by atoms with van der Waals surface area (Å²) in [6, 6.07) is 20.0. The van der Waals surface area contributed by atoms with Gasteiger partial charge in [0, 0.05) is 16.8 Å². The minimum absolute atomic E-state index is 0.103. The molecule has 0 aromatic heterocycles. The van der Waals surface area contributed by atoms with E-state index in [0.717, 1.165) is 33.4 Å². The monoisotopic (exact) mass is 450 g/mol. The summed E-state index contributed by atoms with van der Waals surface area (Å²) in [6.45, 7) is 8.07. The van der Waals surface area contributed by atoms with Crippen molar-refractivity contribution in [1.29, 1.82) is 0 Å². The van der Waals surface area contributed by atoms with Gasteiger partial charge in [-0.25, -0.2) is 0 Å². The Morgan fingerprint density at radius 2 is 1.24 bits per heavy atom. The lowest BCUT2D eigenvalue weighted by atomic mass is 9.77. The van der Waals surface area contributed by atoms with E-state index in [2.05, 4.69) is 0 Å². The van der Waals surface area contributed by atoms with Crippen LogP contribution in [0, 0.1) is 0 Å². The second-order valence-electron chi connectivity index (χ2n) is 9.74. The molecule has 168 valence electrons. The van der Waals surface area contributed by atoms with Crippen LogP contribution in [0.1, 0.15) is 34.5 Å². The van der Waals surface area contributed by atoms with Gasteiger partial charge in [0.05, 0.1) is 29.4 Å². The summed E-state index contributed by atoms with van der Waals surface area (Å²) in [7, 11) is -0.577. The SMILES string of the molecule is [2H]c1c([2H])c([2H])c(N2c3ccccc3-c3ccccc3-c3cc(B4OC(C)(C)C(C)(C)O4)ccc32)c([2H])c1[2H]. The number of rotatable bonds is 2. The number of hydrogen-bond acceptors (Lipinski definition) is 3. The Morgan fingerprint density at radius 3 is 1.91 bits per heavy atom. The summed E-state index contributed by atoms with van der Waals surface area (Å²) in [6.07, 6.45) is 0. The molecule has 0 radical (unpaired) electrons. The van der Waals surface area contributed by atoms with Crippen LogP contribution in [0.5, 0.6) is 0 Å². The predicted molar refractivity (Wildman–Crippen MR) is 141 cm³/mol. The molecule has 0 bridgehead atoms. The van der Waals surface area contributed by atoms with Crippen LogP contribution in [0.3, 0.4) is 0 Å². The van der Waals surface area contributed by atoms with Crippen LogP contribution in [-0.4, -0.2) is 18.3 Å². The highest BCUT2D eigenvalue weighted by Gasteiger charge is 2.51. The molecule has 0 aliphatic carbocycles. The van der Waals surface area contributed by atoms with E-state index >= 15 is 0 Å². The molecule has 0 unspecified atom stereocenters. The van der Waals surface area contributed by atoms with Gasteiger partial charge in [-0.3, -0.25) is 0 Å². The first-order valence-corrected chi connectivity index (χ1v) is 11.5. The minimum Gasteiger partial charge on any atom is -0.399 e. The molecule has 4 aromatic rings. The second kappa shape index (κ2) is 7.59. The molecule has 0 spiro atoms. The van der Waals surface area contributed by atoms with Gasteiger partial charge in [0.25, 0.3) is 0 Å². The zero-order valence-corrected chi connectivity index (χ0v) is 19.7. The van der Waals surface area contributed by atoms with Gasteiger partial charge in [-0.05, 0) is 68.5 Å². The summed E-state index contributed by atoms with van der Waals surface area (Å²) < 4.78 is 55.2. The smallest absolute Gasteiger partial charge is 0.399 e. The van der Waals surface area contributed by atoms with Crippen molar-refractivity contribution in [2.75, 3.05) is 4.90 Å². The summed E-state index contributed by atoms with van der Waals surface area (Å²) in [5.41, 5.74) is 5.06. The average Bonchev–Trinajstić information content (AvgIpc) is 3.07. The predicted octanol–water partition coefficient (Wildman–Crippen LogP) is 7.10. The third-order valence-corrected chi connectivity index (χ3v) is 7.15. The molecule has 0 N–H and O–H groups in total. The van der Waals surface area contributed by atoms with Gasteiger partial charge in [0.2, 0.25) is 0 Å². The lowest BCUT2D eigenvalue weighted by molar-refractivity contribution is 0.00578. The maximum atomic E-state index is 8.80. The van der Waals surface area contributed by atoms with Gasteiger partial charge in [0.15, 0.2) is 0 Å². The molecule has 1 saturated heterocycles. The zero-order valence-electron chi connectivity index (χ0n) is 24.7. The van der Waals surface area contributed by atoms with E-state index in [4.69, 9.17) is 16.2 Å². The van der Waals surface area contributed by atoms with Gasteiger partial charge in [-0.15, -0.1) is 0 Å². The standard InChI is InChI=1S/C30H28BNO2/c1-29(2)30(3,4)34-31(33-29)21-18-19-28-26(20-21)24-15-9-8-14-23(24)25-16-10-11-17-27(25)32(28)22-12-6-5-7-13-22/h5-20H,1-4H3/i5D,6D,7D,12D,13D. The average molecular weight is 450 g/mol. The number of benzene rings is 4. The third-order valence-electron chi connectivity index (χ3n) is 7.15. The van der Waals surface area contributed by atoms with E-state index in [9.17, 15) is 0 Å². The fourth-order valence-corrected chi connectivity index (χ4v) is 4.67. The number of nitrogens with zero attached hydrogens (tertiary/aromatic N) is 1. The molecule has 34 heavy (non-hydrogen) atoms. The Balaban J connectivity index is 1.66. The molecular weight excluding hydrogens is 417 g/mol. The lowest BCUT2D eigenvalue weighted by Crippen LogP contribution is -2.41. The molecule has 2 aliphatic rings. The first-order chi connectivity index (χ1) is 18.4. The van der Waals surface area contributed by atoms with Gasteiger partial charge < -0.3 is 14.2 Å². The van der Waals surface area contributed by atoms with Crippen LogP contribution in [0.25, 0.3) is 22.3 Å². The maximum absolute atomic E-state index is 8.80. The maximum Gasteiger partial charge on any atom is 0.494 e. The van der Waals surface area contributed by atoms with Crippen LogP contribution in [-0.2, 0) is 9.31 Å². The molecule has 0 saturated carbocycles. The first kappa shape index (κ1) is 16.3. The lowest BCUT2D eigenvalue weighted by Gasteiger charge is -2.32. The Morgan fingerprint density at radius 1 is 0.676 bits per heavy atom. The van der Waals surface area contributed by atoms with Crippen molar-refractivity contribution in [3.63, 3.8) is 0 Å². The summed E-state index contributed by atoms with van der Waals surface area (Å²) >= 11 is 0. The fourth-order valence-electron chi connectivity index (χ4n) is 4.67. The Bertz CT molecular complexity index is 1610. The highest BCUT2D eigenvalue weighted by Crippen LogP contribution is 2.50. The van der Waals surface area contributed by atoms with Crippen LogP contribution in [0.15, 0.2) is 96.9 Å². The van der Waals surface area contributed by atoms with Crippen molar-refractivity contribution in [1.82, 2.24) is 0 Å². The van der Waals surface area contributed by atoms with Gasteiger partial charge in [0.1, 0.15) is 0 Å². The fraction of sp³-hybridized carbons (Fsp3) is 0.200. The van der Waals surface area contributed by atoms with E-state index in [0.29, 0.717) is 5.69 Å². The van der Waals surface area contributed by atoms with Gasteiger partial charge in [-0.1, -0.05) is 72.7 Å². The topological polar surface area (TPSA) is 21.7 Å². The number of anilines is 3. The molecule has 6 rings (SSSR count). The van der Waals surface area contributed by atoms with Crippen molar-refractivity contribution in [3.05, 3.63) is 96.9 Å². The molecule has 2 aliphatic heterocycles. The third kappa shape index (κ3) is 3.21. The number of fused-ring (bicyclic) bond motifs is 5. The van der Waals surface area contributed by atoms with Crippen molar-refractivity contribution >= 4 is 29.6 Å². The Labute approximate surface area is 209 Å². The molecule has 0 atom stereocenters. The highest BCUT2D eigenvalue weighted by molar-refractivity contribution is 6.62. The van der Waals surface area contributed by atoms with Gasteiger partial charge in [-0.2, -0.15) is 0 Å². The van der Waals surface area contributed by atoms with Crippen LogP contribution in [0.4, 0.5) is 17.1 Å². The molecular formula is C30H28BNO2. The highest BCUT2D eigenvalue weighted by atomic mass is 16.7. The van der Waals surface area contributed by atoms with Gasteiger partial charge >= 0.3 is 7.12 Å². The largest absolute Gasteiger partial charge is 0.494 e. The summed E-state index contributed by atoms with van der Waals surface area (Å²) in [4.78, 5) is 1.79. The van der Waals surface area contributed by atoms with E-state index in [-0.39, 0.29) is 29.9 Å². The van der Waals surface area contributed by atoms with E-state index in [1.165, 1.54) is 0 Å². The zero-order chi connectivity index (χ0) is 27.9.